The van der Waals surface area contributed by atoms with E-state index in [1.54, 1.807) is 18.2 Å². The van der Waals surface area contributed by atoms with Crippen LogP contribution >= 0.6 is 0 Å². The Morgan fingerprint density at radius 3 is 2.67 bits per heavy atom. The molecule has 0 saturated heterocycles. The van der Waals surface area contributed by atoms with Crippen molar-refractivity contribution in [2.24, 2.45) is 11.7 Å². The molecule has 2 unspecified atom stereocenters. The minimum absolute atomic E-state index is 0.0204. The third-order valence-electron chi connectivity index (χ3n) is 2.07. The fourth-order valence-electron chi connectivity index (χ4n) is 1.30. The number of aliphatic hydroxyl groups is 1. The Kier molecular flexibility index (Phi) is 6.45. The summed E-state index contributed by atoms with van der Waals surface area (Å²) in [6, 6.07) is -0.377. The topological polar surface area (TPSA) is 83.6 Å². The van der Waals surface area contributed by atoms with Gasteiger partial charge in [0.15, 0.2) is 0 Å². The molecule has 0 aromatic rings. The number of hydrogen-bond donors (Lipinski definition) is 3. The van der Waals surface area contributed by atoms with Gasteiger partial charge in [-0.3, -0.25) is 4.79 Å². The minimum Gasteiger partial charge on any atom is -0.508 e. The van der Waals surface area contributed by atoms with Crippen LogP contribution in [0.2, 0.25) is 0 Å². The Hall–Kier alpha value is -1.29. The van der Waals surface area contributed by atoms with Gasteiger partial charge in [0.2, 0.25) is 0 Å². The van der Waals surface area contributed by atoms with E-state index in [-0.39, 0.29) is 24.1 Å². The molecular formula is C11H19NO3. The zero-order valence-electron chi connectivity index (χ0n) is 9.18. The number of aliphatic hydroxyl groups excluding tert-OH is 1. The third kappa shape index (κ3) is 5.22. The van der Waals surface area contributed by atoms with Crippen molar-refractivity contribution in [2.75, 3.05) is 0 Å². The van der Waals surface area contributed by atoms with Crippen molar-refractivity contribution in [3.8, 4) is 0 Å². The molecule has 4 nitrogen and oxygen atoms in total. The standard InChI is InChI=1S/C9H13NO3.C2H6/c10-8(5-9(12)13)6-1-3-7(11)4-2-6;1-2/h1,3-4,6,8,11H,2,5,10H2,(H,12,13);1-2H3. The summed E-state index contributed by atoms with van der Waals surface area (Å²) in [5.41, 5.74) is 5.65. The summed E-state index contributed by atoms with van der Waals surface area (Å²) >= 11 is 0. The van der Waals surface area contributed by atoms with E-state index in [0.717, 1.165) is 0 Å². The highest BCUT2D eigenvalue weighted by Crippen LogP contribution is 2.18. The third-order valence-corrected chi connectivity index (χ3v) is 2.07. The first-order valence-electron chi connectivity index (χ1n) is 5.14. The van der Waals surface area contributed by atoms with Crippen molar-refractivity contribution in [3.63, 3.8) is 0 Å². The number of aliphatic carboxylic acids is 1. The van der Waals surface area contributed by atoms with Gasteiger partial charge in [-0.25, -0.2) is 0 Å². The summed E-state index contributed by atoms with van der Waals surface area (Å²) in [6.45, 7) is 4.00. The van der Waals surface area contributed by atoms with E-state index in [1.807, 2.05) is 13.8 Å². The van der Waals surface area contributed by atoms with Crippen LogP contribution in [0, 0.1) is 5.92 Å². The molecule has 1 rings (SSSR count). The molecule has 0 aromatic heterocycles. The fraction of sp³-hybridized carbons (Fsp3) is 0.545. The zero-order valence-corrected chi connectivity index (χ0v) is 9.18. The van der Waals surface area contributed by atoms with Crippen LogP contribution < -0.4 is 5.73 Å². The van der Waals surface area contributed by atoms with Crippen molar-refractivity contribution in [1.29, 1.82) is 0 Å². The molecule has 4 heteroatoms. The van der Waals surface area contributed by atoms with Crippen molar-refractivity contribution >= 4 is 5.97 Å². The van der Waals surface area contributed by atoms with E-state index in [0.29, 0.717) is 6.42 Å². The molecule has 0 aromatic carbocycles. The van der Waals surface area contributed by atoms with Crippen LogP contribution in [0.4, 0.5) is 0 Å². The van der Waals surface area contributed by atoms with Crippen LogP contribution in [-0.2, 0) is 4.79 Å². The number of carboxylic acid groups (broad SMARTS) is 1. The maximum Gasteiger partial charge on any atom is 0.304 e. The predicted molar refractivity (Wildman–Crippen MR) is 59.5 cm³/mol. The summed E-state index contributed by atoms with van der Waals surface area (Å²) in [7, 11) is 0. The van der Waals surface area contributed by atoms with Crippen LogP contribution in [0.15, 0.2) is 24.0 Å². The van der Waals surface area contributed by atoms with Gasteiger partial charge in [0, 0.05) is 6.04 Å². The molecule has 1 aliphatic carbocycles. The molecule has 0 spiro atoms. The molecular weight excluding hydrogens is 194 g/mol. The Morgan fingerprint density at radius 2 is 2.27 bits per heavy atom. The average Bonchev–Trinajstić information content (AvgIpc) is 2.20. The second kappa shape index (κ2) is 7.06. The molecule has 15 heavy (non-hydrogen) atoms. The van der Waals surface area contributed by atoms with E-state index >= 15 is 0 Å². The average molecular weight is 213 g/mol. The molecule has 0 amide bonds. The van der Waals surface area contributed by atoms with E-state index in [1.165, 1.54) is 0 Å². The van der Waals surface area contributed by atoms with Gasteiger partial charge in [-0.15, -0.1) is 0 Å². The van der Waals surface area contributed by atoms with Crippen molar-refractivity contribution in [3.05, 3.63) is 24.0 Å². The number of carbonyl (C=O) groups is 1. The maximum atomic E-state index is 10.3. The van der Waals surface area contributed by atoms with Gasteiger partial charge in [-0.2, -0.15) is 0 Å². The van der Waals surface area contributed by atoms with Crippen LogP contribution in [0.25, 0.3) is 0 Å². The van der Waals surface area contributed by atoms with Gasteiger partial charge in [0.05, 0.1) is 6.42 Å². The van der Waals surface area contributed by atoms with Crippen LogP contribution in [-0.4, -0.2) is 22.2 Å². The molecule has 0 saturated carbocycles. The zero-order chi connectivity index (χ0) is 11.8. The lowest BCUT2D eigenvalue weighted by Crippen LogP contribution is -2.31. The molecule has 86 valence electrons. The molecule has 4 N–H and O–H groups in total. The number of rotatable bonds is 3. The lowest BCUT2D eigenvalue weighted by Gasteiger charge is -2.19. The van der Waals surface area contributed by atoms with Crippen LogP contribution in [0.3, 0.4) is 0 Å². The highest BCUT2D eigenvalue weighted by Gasteiger charge is 2.18. The van der Waals surface area contributed by atoms with E-state index < -0.39 is 5.97 Å². The number of nitrogens with two attached hydrogens (primary N) is 1. The number of hydrogen-bond acceptors (Lipinski definition) is 3. The summed E-state index contributed by atoms with van der Waals surface area (Å²) < 4.78 is 0. The van der Waals surface area contributed by atoms with E-state index in [2.05, 4.69) is 0 Å². The van der Waals surface area contributed by atoms with Crippen LogP contribution in [0.5, 0.6) is 0 Å². The maximum absolute atomic E-state index is 10.3. The summed E-state index contributed by atoms with van der Waals surface area (Å²) in [5.74, 6) is -0.648. The largest absolute Gasteiger partial charge is 0.508 e. The molecule has 0 heterocycles. The van der Waals surface area contributed by atoms with Crippen LogP contribution in [0.1, 0.15) is 26.7 Å². The highest BCUT2D eigenvalue weighted by atomic mass is 16.4. The van der Waals surface area contributed by atoms with Gasteiger partial charge >= 0.3 is 5.97 Å². The quantitative estimate of drug-likeness (QED) is 0.667. The van der Waals surface area contributed by atoms with Crippen molar-refractivity contribution < 1.29 is 15.0 Å². The second-order valence-corrected chi connectivity index (χ2v) is 3.15. The Bertz CT molecular complexity index is 259. The van der Waals surface area contributed by atoms with Crippen molar-refractivity contribution in [1.82, 2.24) is 0 Å². The number of carboxylic acids is 1. The first-order chi connectivity index (χ1) is 7.09. The second-order valence-electron chi connectivity index (χ2n) is 3.15. The first-order valence-corrected chi connectivity index (χ1v) is 5.14. The van der Waals surface area contributed by atoms with E-state index in [9.17, 15) is 4.79 Å². The predicted octanol–water partition coefficient (Wildman–Crippen LogP) is 1.83. The summed E-state index contributed by atoms with van der Waals surface area (Å²) in [5, 5.41) is 17.5. The number of allylic oxidation sites excluding steroid dienone is 2. The SMILES string of the molecule is CC.NC(CC(=O)O)C1C=CC(O)=CC1. The monoisotopic (exact) mass is 213 g/mol. The van der Waals surface area contributed by atoms with Gasteiger partial charge < -0.3 is 15.9 Å². The van der Waals surface area contributed by atoms with E-state index in [4.69, 9.17) is 15.9 Å². The smallest absolute Gasteiger partial charge is 0.304 e. The van der Waals surface area contributed by atoms with Crippen molar-refractivity contribution in [2.45, 2.75) is 32.7 Å². The normalized spacial score (nSPS) is 21.0. The minimum atomic E-state index is -0.889. The van der Waals surface area contributed by atoms with Gasteiger partial charge in [-0.05, 0) is 24.5 Å². The molecule has 0 aliphatic heterocycles. The Morgan fingerprint density at radius 1 is 1.67 bits per heavy atom. The fourth-order valence-corrected chi connectivity index (χ4v) is 1.30. The molecule has 0 radical (unpaired) electrons. The molecule has 1 aliphatic rings. The molecule has 2 atom stereocenters. The molecule has 0 bridgehead atoms. The summed E-state index contributed by atoms with van der Waals surface area (Å²) in [4.78, 5) is 10.3. The van der Waals surface area contributed by atoms with Gasteiger partial charge in [0.25, 0.3) is 0 Å². The summed E-state index contributed by atoms with van der Waals surface area (Å²) in [6.07, 6.45) is 5.52. The Labute approximate surface area is 90.1 Å². The lowest BCUT2D eigenvalue weighted by molar-refractivity contribution is -0.137. The Balaban J connectivity index is 0.000000921. The lowest BCUT2D eigenvalue weighted by atomic mass is 9.91. The first kappa shape index (κ1) is 13.7. The van der Waals surface area contributed by atoms with Gasteiger partial charge in [-0.1, -0.05) is 19.9 Å². The van der Waals surface area contributed by atoms with Gasteiger partial charge in [0.1, 0.15) is 5.76 Å². The molecule has 0 fully saturated rings. The highest BCUT2D eigenvalue weighted by molar-refractivity contribution is 5.67.